The van der Waals surface area contributed by atoms with Gasteiger partial charge in [-0.2, -0.15) is 5.26 Å². The Morgan fingerprint density at radius 1 is 1.32 bits per heavy atom. The Hall–Kier alpha value is -3.01. The van der Waals surface area contributed by atoms with Gasteiger partial charge in [0.2, 0.25) is 0 Å². The summed E-state index contributed by atoms with van der Waals surface area (Å²) in [5, 5.41) is 20.0. The van der Waals surface area contributed by atoms with Crippen molar-refractivity contribution >= 4 is 28.4 Å². The summed E-state index contributed by atoms with van der Waals surface area (Å²) in [6.07, 6.45) is 2.05. The van der Waals surface area contributed by atoms with Crippen LogP contribution in [0.2, 0.25) is 0 Å². The average Bonchev–Trinajstić information content (AvgIpc) is 3.28. The molecule has 0 fully saturated rings. The number of aryl methyl sites for hydroxylation is 2. The van der Waals surface area contributed by atoms with Crippen molar-refractivity contribution in [2.75, 3.05) is 4.90 Å². The molecule has 2 aromatic carbocycles. The monoisotopic (exact) mass is 389 g/mol. The number of rotatable bonds is 5. The second kappa shape index (κ2) is 7.55. The number of nitriles is 1. The maximum Gasteiger partial charge on any atom is 0.191 e. The third-order valence-electron chi connectivity index (χ3n) is 5.07. The van der Waals surface area contributed by atoms with E-state index >= 15 is 0 Å². The lowest BCUT2D eigenvalue weighted by Crippen LogP contribution is -2.16. The fourth-order valence-electron chi connectivity index (χ4n) is 3.51. The topological polar surface area (TPSA) is 77.2 Å². The van der Waals surface area contributed by atoms with Crippen molar-refractivity contribution in [2.24, 2.45) is 0 Å². The molecule has 0 radical (unpaired) electrons. The minimum Gasteiger partial charge on any atom is -0.388 e. The van der Waals surface area contributed by atoms with Gasteiger partial charge in [-0.05, 0) is 60.7 Å². The first-order chi connectivity index (χ1) is 13.6. The smallest absolute Gasteiger partial charge is 0.191 e. The van der Waals surface area contributed by atoms with E-state index in [9.17, 15) is 9.90 Å². The zero-order valence-corrected chi connectivity index (χ0v) is 16.2. The molecule has 1 N–H and O–H groups in total. The number of aliphatic hydroxyl groups excluding tert-OH is 1. The maximum absolute atomic E-state index is 11.3. The van der Waals surface area contributed by atoms with Crippen LogP contribution in [0.5, 0.6) is 0 Å². The minimum absolute atomic E-state index is 0.401. The van der Waals surface area contributed by atoms with Crippen molar-refractivity contribution < 1.29 is 9.90 Å². The van der Waals surface area contributed by atoms with Crippen LogP contribution >= 0.6 is 11.3 Å². The van der Waals surface area contributed by atoms with E-state index in [0.29, 0.717) is 17.8 Å². The minimum atomic E-state index is -0.401. The summed E-state index contributed by atoms with van der Waals surface area (Å²) < 4.78 is 0. The van der Waals surface area contributed by atoms with Crippen LogP contribution in [0.1, 0.15) is 50.1 Å². The van der Waals surface area contributed by atoms with Gasteiger partial charge in [0.1, 0.15) is 5.69 Å². The molecule has 0 aliphatic heterocycles. The second-order valence-electron chi connectivity index (χ2n) is 6.89. The van der Waals surface area contributed by atoms with Gasteiger partial charge in [-0.1, -0.05) is 18.2 Å². The zero-order valence-electron chi connectivity index (χ0n) is 15.4. The molecule has 0 saturated carbocycles. The summed E-state index contributed by atoms with van der Waals surface area (Å²) in [6.45, 7) is 2.44. The number of anilines is 2. The average molecular weight is 389 g/mol. The predicted octanol–water partition coefficient (Wildman–Crippen LogP) is 4.45. The number of aldehydes is 1. The fourth-order valence-corrected chi connectivity index (χ4v) is 4.41. The summed E-state index contributed by atoms with van der Waals surface area (Å²) in [4.78, 5) is 18.7. The number of aliphatic hydroxyl groups is 1. The standard InChI is InChI=1S/C22H19N3O2S/c1-14-20(13-26)24-22(28-14)25(18-7-3-15(11-23)4-8-18)12-16-2-5-17-6-9-21(27)19(17)10-16/h2-5,7-8,10,13,21,27H,6,9,12H2,1H3. The first kappa shape index (κ1) is 18.4. The zero-order chi connectivity index (χ0) is 19.7. The number of nitrogens with zero attached hydrogens (tertiary/aromatic N) is 3. The van der Waals surface area contributed by atoms with E-state index < -0.39 is 6.10 Å². The van der Waals surface area contributed by atoms with Crippen molar-refractivity contribution in [3.8, 4) is 6.07 Å². The van der Waals surface area contributed by atoms with Crippen molar-refractivity contribution in [1.29, 1.82) is 5.26 Å². The molecule has 1 unspecified atom stereocenters. The molecule has 28 heavy (non-hydrogen) atoms. The third-order valence-corrected chi connectivity index (χ3v) is 6.08. The van der Waals surface area contributed by atoms with Gasteiger partial charge < -0.3 is 10.0 Å². The Kier molecular flexibility index (Phi) is 4.95. The number of hydrogen-bond acceptors (Lipinski definition) is 6. The molecule has 0 saturated heterocycles. The van der Waals surface area contributed by atoms with Gasteiger partial charge in [0.25, 0.3) is 0 Å². The predicted molar refractivity (Wildman–Crippen MR) is 109 cm³/mol. The van der Waals surface area contributed by atoms with Crippen LogP contribution < -0.4 is 4.90 Å². The number of hydrogen-bond donors (Lipinski definition) is 1. The Morgan fingerprint density at radius 3 is 2.79 bits per heavy atom. The highest BCUT2D eigenvalue weighted by Crippen LogP contribution is 2.35. The van der Waals surface area contributed by atoms with Crippen LogP contribution in [-0.2, 0) is 13.0 Å². The third kappa shape index (κ3) is 3.42. The van der Waals surface area contributed by atoms with Crippen LogP contribution in [-0.4, -0.2) is 16.4 Å². The Labute approximate surface area is 167 Å². The molecule has 4 rings (SSSR count). The maximum atomic E-state index is 11.3. The number of thiazole rings is 1. The molecule has 0 bridgehead atoms. The number of benzene rings is 2. The molecular weight excluding hydrogens is 370 g/mol. The van der Waals surface area contributed by atoms with Crippen LogP contribution in [0.4, 0.5) is 10.8 Å². The van der Waals surface area contributed by atoms with Crippen molar-refractivity contribution in [3.05, 3.63) is 75.3 Å². The second-order valence-corrected chi connectivity index (χ2v) is 8.07. The lowest BCUT2D eigenvalue weighted by Gasteiger charge is -2.23. The van der Waals surface area contributed by atoms with Gasteiger partial charge in [-0.15, -0.1) is 11.3 Å². The summed E-state index contributed by atoms with van der Waals surface area (Å²) in [5.74, 6) is 0. The molecule has 1 aliphatic rings. The molecule has 1 heterocycles. The molecule has 6 heteroatoms. The molecule has 0 amide bonds. The first-order valence-electron chi connectivity index (χ1n) is 9.09. The van der Waals surface area contributed by atoms with Crippen LogP contribution in [0, 0.1) is 18.3 Å². The summed E-state index contributed by atoms with van der Waals surface area (Å²) in [7, 11) is 0. The number of fused-ring (bicyclic) bond motifs is 1. The molecule has 3 aromatic rings. The van der Waals surface area contributed by atoms with E-state index in [2.05, 4.69) is 29.3 Å². The van der Waals surface area contributed by atoms with Crippen molar-refractivity contribution in [1.82, 2.24) is 4.98 Å². The Balaban J connectivity index is 1.73. The van der Waals surface area contributed by atoms with Gasteiger partial charge in [0, 0.05) is 10.6 Å². The van der Waals surface area contributed by atoms with Crippen LogP contribution in [0.25, 0.3) is 0 Å². The van der Waals surface area contributed by atoms with E-state index in [-0.39, 0.29) is 0 Å². The summed E-state index contributed by atoms with van der Waals surface area (Å²) in [5.41, 5.74) is 5.20. The van der Waals surface area contributed by atoms with Gasteiger partial charge in [-0.3, -0.25) is 4.79 Å². The highest BCUT2D eigenvalue weighted by atomic mass is 32.1. The lowest BCUT2D eigenvalue weighted by atomic mass is 10.0. The van der Waals surface area contributed by atoms with Crippen LogP contribution in [0.15, 0.2) is 42.5 Å². The number of carbonyl (C=O) groups is 1. The fraction of sp³-hybridized carbons (Fsp3) is 0.227. The van der Waals surface area contributed by atoms with E-state index in [1.165, 1.54) is 16.9 Å². The molecular formula is C22H19N3O2S. The van der Waals surface area contributed by atoms with Gasteiger partial charge in [-0.25, -0.2) is 4.98 Å². The lowest BCUT2D eigenvalue weighted by molar-refractivity contribution is 0.111. The molecule has 1 atom stereocenters. The van der Waals surface area contributed by atoms with Gasteiger partial charge in [0.15, 0.2) is 11.4 Å². The number of carbonyl (C=O) groups excluding carboxylic acids is 1. The SMILES string of the molecule is Cc1sc(N(Cc2ccc3c(c2)C(O)CC3)c2ccc(C#N)cc2)nc1C=O. The van der Waals surface area contributed by atoms with Crippen molar-refractivity contribution in [3.63, 3.8) is 0 Å². The van der Waals surface area contributed by atoms with Crippen molar-refractivity contribution in [2.45, 2.75) is 32.4 Å². The highest BCUT2D eigenvalue weighted by molar-refractivity contribution is 7.15. The quantitative estimate of drug-likeness (QED) is 0.652. The normalized spacial score (nSPS) is 15.1. The van der Waals surface area contributed by atoms with E-state index in [1.807, 2.05) is 24.0 Å². The van der Waals surface area contributed by atoms with E-state index in [4.69, 9.17) is 5.26 Å². The van der Waals surface area contributed by atoms with Crippen LogP contribution in [0.3, 0.4) is 0 Å². The molecule has 0 spiro atoms. The Bertz CT molecular complexity index is 1070. The highest BCUT2D eigenvalue weighted by Gasteiger charge is 2.22. The van der Waals surface area contributed by atoms with E-state index in [0.717, 1.165) is 46.0 Å². The number of aromatic nitrogens is 1. The Morgan fingerprint density at radius 2 is 2.11 bits per heavy atom. The van der Waals surface area contributed by atoms with E-state index in [1.54, 1.807) is 12.1 Å². The largest absolute Gasteiger partial charge is 0.388 e. The van der Waals surface area contributed by atoms with Gasteiger partial charge in [0.05, 0.1) is 24.3 Å². The molecule has 140 valence electrons. The molecule has 5 nitrogen and oxygen atoms in total. The summed E-state index contributed by atoms with van der Waals surface area (Å²) in [6, 6.07) is 15.7. The first-order valence-corrected chi connectivity index (χ1v) is 9.91. The summed E-state index contributed by atoms with van der Waals surface area (Å²) >= 11 is 1.47. The van der Waals surface area contributed by atoms with Gasteiger partial charge >= 0.3 is 0 Å². The molecule has 1 aromatic heterocycles. The molecule has 1 aliphatic carbocycles.